The van der Waals surface area contributed by atoms with Crippen molar-refractivity contribution in [3.05, 3.63) is 29.3 Å². The van der Waals surface area contributed by atoms with E-state index in [1.807, 2.05) is 13.0 Å². The van der Waals surface area contributed by atoms with Gasteiger partial charge in [-0.25, -0.2) is 0 Å². The number of aliphatic hydroxyl groups is 2. The zero-order valence-corrected chi connectivity index (χ0v) is 19.1. The van der Waals surface area contributed by atoms with Crippen molar-refractivity contribution in [1.82, 2.24) is 0 Å². The van der Waals surface area contributed by atoms with Gasteiger partial charge in [0.25, 0.3) is 0 Å². The fourth-order valence-corrected chi connectivity index (χ4v) is 6.52. The van der Waals surface area contributed by atoms with Crippen LogP contribution in [0.3, 0.4) is 0 Å². The Balaban J connectivity index is 1.71. The number of fused-ring (bicyclic) bond motifs is 3. The molecular formula is C25H38O5. The van der Waals surface area contributed by atoms with Gasteiger partial charge in [-0.15, -0.1) is 0 Å². The van der Waals surface area contributed by atoms with Crippen LogP contribution in [0.25, 0.3) is 0 Å². The molecule has 1 saturated carbocycles. The Kier molecular flexibility index (Phi) is 5.72. The van der Waals surface area contributed by atoms with E-state index in [0.29, 0.717) is 25.6 Å². The lowest BCUT2D eigenvalue weighted by molar-refractivity contribution is -0.274. The molecule has 2 N–H and O–H groups in total. The number of benzene rings is 1. The summed E-state index contributed by atoms with van der Waals surface area (Å²) < 4.78 is 17.8. The van der Waals surface area contributed by atoms with Crippen molar-refractivity contribution in [3.8, 4) is 5.75 Å². The molecule has 5 atom stereocenters. The molecule has 168 valence electrons. The molecule has 0 spiro atoms. The summed E-state index contributed by atoms with van der Waals surface area (Å²) in [4.78, 5) is 0. The average molecular weight is 419 g/mol. The van der Waals surface area contributed by atoms with Crippen LogP contribution in [0, 0.1) is 17.3 Å². The molecule has 4 rings (SSSR count). The monoisotopic (exact) mass is 418 g/mol. The van der Waals surface area contributed by atoms with Crippen molar-refractivity contribution in [2.24, 2.45) is 17.3 Å². The first-order valence-electron chi connectivity index (χ1n) is 11.5. The van der Waals surface area contributed by atoms with Crippen molar-refractivity contribution in [3.63, 3.8) is 0 Å². The third kappa shape index (κ3) is 3.12. The SMILES string of the molecule is COc1ccc2c(c1)CC[C@@]1(C)[C@H]2C[C@H](O)[C@]1(O)[C@H](C)C1(CCC(C)C)OCCO1. The molecule has 5 nitrogen and oxygen atoms in total. The largest absolute Gasteiger partial charge is 0.497 e. The Morgan fingerprint density at radius 1 is 1.20 bits per heavy atom. The number of aryl methyl sites for hydroxylation is 1. The first-order chi connectivity index (χ1) is 14.2. The molecule has 0 amide bonds. The molecule has 3 aliphatic rings. The molecule has 30 heavy (non-hydrogen) atoms. The van der Waals surface area contributed by atoms with Gasteiger partial charge in [0, 0.05) is 17.8 Å². The highest BCUT2D eigenvalue weighted by Crippen LogP contribution is 2.64. The van der Waals surface area contributed by atoms with Crippen LogP contribution in [0.5, 0.6) is 5.75 Å². The molecule has 1 aromatic rings. The first kappa shape index (κ1) is 22.1. The summed E-state index contributed by atoms with van der Waals surface area (Å²) in [7, 11) is 1.69. The van der Waals surface area contributed by atoms with E-state index in [-0.39, 0.29) is 11.8 Å². The zero-order valence-electron chi connectivity index (χ0n) is 19.1. The van der Waals surface area contributed by atoms with Gasteiger partial charge in [0.2, 0.25) is 0 Å². The van der Waals surface area contributed by atoms with Crippen LogP contribution in [0.2, 0.25) is 0 Å². The van der Waals surface area contributed by atoms with Gasteiger partial charge >= 0.3 is 0 Å². The van der Waals surface area contributed by atoms with Gasteiger partial charge in [0.1, 0.15) is 11.4 Å². The zero-order chi connectivity index (χ0) is 21.7. The molecular weight excluding hydrogens is 380 g/mol. The second kappa shape index (κ2) is 7.77. The highest BCUT2D eigenvalue weighted by Gasteiger charge is 2.69. The van der Waals surface area contributed by atoms with Gasteiger partial charge in [-0.05, 0) is 60.8 Å². The fourth-order valence-electron chi connectivity index (χ4n) is 6.52. The Morgan fingerprint density at radius 3 is 2.53 bits per heavy atom. The van der Waals surface area contributed by atoms with Crippen LogP contribution in [0.4, 0.5) is 0 Å². The molecule has 2 aliphatic carbocycles. The van der Waals surface area contributed by atoms with Crippen molar-refractivity contribution in [2.45, 2.75) is 83.2 Å². The molecule has 1 aliphatic heterocycles. The van der Waals surface area contributed by atoms with E-state index in [9.17, 15) is 10.2 Å². The van der Waals surface area contributed by atoms with Gasteiger partial charge in [-0.3, -0.25) is 0 Å². The van der Waals surface area contributed by atoms with Crippen LogP contribution in [0.15, 0.2) is 18.2 Å². The van der Waals surface area contributed by atoms with E-state index < -0.39 is 22.9 Å². The second-order valence-corrected chi connectivity index (χ2v) is 10.3. The van der Waals surface area contributed by atoms with Crippen molar-refractivity contribution >= 4 is 0 Å². The summed E-state index contributed by atoms with van der Waals surface area (Å²) in [5.41, 5.74) is 0.768. The molecule has 0 bridgehead atoms. The van der Waals surface area contributed by atoms with Gasteiger partial charge in [-0.1, -0.05) is 33.8 Å². The second-order valence-electron chi connectivity index (χ2n) is 10.3. The maximum atomic E-state index is 12.3. The van der Waals surface area contributed by atoms with Gasteiger partial charge in [0.05, 0.1) is 26.4 Å². The van der Waals surface area contributed by atoms with E-state index in [1.54, 1.807) is 7.11 Å². The lowest BCUT2D eigenvalue weighted by Gasteiger charge is -2.53. The smallest absolute Gasteiger partial charge is 0.173 e. The minimum Gasteiger partial charge on any atom is -0.497 e. The summed E-state index contributed by atoms with van der Waals surface area (Å²) in [6, 6.07) is 6.22. The van der Waals surface area contributed by atoms with Crippen molar-refractivity contribution < 1.29 is 24.4 Å². The molecule has 0 radical (unpaired) electrons. The van der Waals surface area contributed by atoms with Gasteiger partial charge in [-0.2, -0.15) is 0 Å². The Hall–Kier alpha value is -1.14. The molecule has 0 unspecified atom stereocenters. The van der Waals surface area contributed by atoms with Crippen LogP contribution in [-0.2, 0) is 15.9 Å². The lowest BCUT2D eigenvalue weighted by atomic mass is 9.57. The number of hydrogen-bond acceptors (Lipinski definition) is 5. The number of ether oxygens (including phenoxy) is 3. The predicted octanol–water partition coefficient (Wildman–Crippen LogP) is 4.04. The van der Waals surface area contributed by atoms with Gasteiger partial charge in [0.15, 0.2) is 5.79 Å². The van der Waals surface area contributed by atoms with Crippen LogP contribution in [0.1, 0.15) is 70.4 Å². The molecule has 1 heterocycles. The standard InChI is InChI=1S/C25H38O5/c1-16(2)8-11-24(29-12-13-30-24)17(3)25(27)22(26)15-21-20-7-6-19(28-5)14-18(20)9-10-23(21,25)4/h6-7,14,16-17,21-22,26-27H,8-13,15H2,1-5H3/t17-,21+,22+,23+,25-/m1/s1. The van der Waals surface area contributed by atoms with Crippen LogP contribution >= 0.6 is 0 Å². The molecule has 1 saturated heterocycles. The summed E-state index contributed by atoms with van der Waals surface area (Å²) >= 11 is 0. The highest BCUT2D eigenvalue weighted by atomic mass is 16.7. The third-order valence-electron chi connectivity index (χ3n) is 8.46. The summed E-state index contributed by atoms with van der Waals surface area (Å²) in [6.45, 7) is 9.63. The van der Waals surface area contributed by atoms with E-state index in [4.69, 9.17) is 14.2 Å². The maximum absolute atomic E-state index is 12.3. The predicted molar refractivity (Wildman–Crippen MR) is 116 cm³/mol. The van der Waals surface area contributed by atoms with Crippen LogP contribution in [-0.4, -0.2) is 48.0 Å². The quantitative estimate of drug-likeness (QED) is 0.730. The van der Waals surface area contributed by atoms with E-state index in [1.165, 1.54) is 11.1 Å². The topological polar surface area (TPSA) is 68.2 Å². The lowest BCUT2D eigenvalue weighted by Crippen LogP contribution is -2.62. The van der Waals surface area contributed by atoms with Gasteiger partial charge < -0.3 is 24.4 Å². The average Bonchev–Trinajstić information content (AvgIpc) is 3.29. The maximum Gasteiger partial charge on any atom is 0.173 e. The minimum atomic E-state index is -1.28. The number of aliphatic hydroxyl groups excluding tert-OH is 1. The summed E-state index contributed by atoms with van der Waals surface area (Å²) in [6.07, 6.45) is 3.10. The molecule has 0 aromatic heterocycles. The normalized spacial score (nSPS) is 35.9. The fraction of sp³-hybridized carbons (Fsp3) is 0.760. The number of hydrogen-bond donors (Lipinski definition) is 2. The van der Waals surface area contributed by atoms with Crippen LogP contribution < -0.4 is 4.74 Å². The number of rotatable bonds is 6. The molecule has 5 heteroatoms. The van der Waals surface area contributed by atoms with E-state index in [2.05, 4.69) is 32.9 Å². The summed E-state index contributed by atoms with van der Waals surface area (Å²) in [5, 5.41) is 23.6. The third-order valence-corrected chi connectivity index (χ3v) is 8.46. The Bertz CT molecular complexity index is 771. The molecule has 1 aromatic carbocycles. The highest BCUT2D eigenvalue weighted by molar-refractivity contribution is 5.43. The Morgan fingerprint density at radius 2 is 1.90 bits per heavy atom. The minimum absolute atomic E-state index is 0.0955. The van der Waals surface area contributed by atoms with Crippen molar-refractivity contribution in [2.75, 3.05) is 20.3 Å². The first-order valence-corrected chi connectivity index (χ1v) is 11.5. The number of methoxy groups -OCH3 is 1. The van der Waals surface area contributed by atoms with E-state index >= 15 is 0 Å². The molecule has 2 fully saturated rings. The summed E-state index contributed by atoms with van der Waals surface area (Å²) in [5.74, 6) is 0.303. The Labute approximate surface area is 180 Å². The van der Waals surface area contributed by atoms with Crippen molar-refractivity contribution in [1.29, 1.82) is 0 Å². The van der Waals surface area contributed by atoms with E-state index in [0.717, 1.165) is 31.4 Å².